The van der Waals surface area contributed by atoms with Gasteiger partial charge in [0.05, 0.1) is 11.5 Å². The smallest absolute Gasteiger partial charge is 0.309 e. The Morgan fingerprint density at radius 1 is 1.62 bits per heavy atom. The molecule has 0 aromatic carbocycles. The van der Waals surface area contributed by atoms with Crippen LogP contribution in [0.3, 0.4) is 0 Å². The van der Waals surface area contributed by atoms with E-state index in [1.165, 1.54) is 6.08 Å². The van der Waals surface area contributed by atoms with E-state index < -0.39 is 4.92 Å². The zero-order valence-corrected chi connectivity index (χ0v) is 11.7. The molecule has 2 rings (SSSR count). The van der Waals surface area contributed by atoms with Gasteiger partial charge >= 0.3 is 5.70 Å². The van der Waals surface area contributed by atoms with Gasteiger partial charge in [0.1, 0.15) is 11.8 Å². The molecule has 0 unspecified atom stereocenters. The number of halogens is 1. The van der Waals surface area contributed by atoms with Gasteiger partial charge in [-0.25, -0.2) is 9.87 Å². The summed E-state index contributed by atoms with van der Waals surface area (Å²) in [6.07, 6.45) is 2.79. The molecular weight excluding hydrogens is 300 g/mol. The third kappa shape index (κ3) is 3.97. The van der Waals surface area contributed by atoms with Crippen LogP contribution >= 0.6 is 11.6 Å². The number of amidine groups is 1. The predicted molar refractivity (Wildman–Crippen MR) is 75.6 cm³/mol. The summed E-state index contributed by atoms with van der Waals surface area (Å²) in [5.74, 6) is 0.270. The molecule has 9 heteroatoms. The molecule has 1 N–H and O–H groups in total. The monoisotopic (exact) mass is 312 g/mol. The summed E-state index contributed by atoms with van der Waals surface area (Å²) in [6, 6.07) is 3.46. The average Bonchev–Trinajstić information content (AvgIpc) is 2.90. The van der Waals surface area contributed by atoms with E-state index >= 15 is 0 Å². The molecule has 0 bridgehead atoms. The van der Waals surface area contributed by atoms with Gasteiger partial charge in [-0.3, -0.25) is 20.4 Å². The summed E-state index contributed by atoms with van der Waals surface area (Å²) in [5.41, 5.74) is 0.679. The SMILES string of the molecule is O=[N+]([O-])C(=CCOO)C1=NCCN1Cc1ccc(Cl)nc1. The lowest BCUT2D eigenvalue weighted by Gasteiger charge is -2.18. The topological polar surface area (TPSA) is 101 Å². The highest BCUT2D eigenvalue weighted by molar-refractivity contribution is 6.29. The summed E-state index contributed by atoms with van der Waals surface area (Å²) in [6.45, 7) is 1.21. The molecule has 112 valence electrons. The number of aliphatic imine (C=N–C) groups is 1. The molecule has 0 aliphatic carbocycles. The Labute approximate surface area is 125 Å². The second-order valence-corrected chi connectivity index (χ2v) is 4.65. The van der Waals surface area contributed by atoms with Crippen LogP contribution in [0.1, 0.15) is 5.56 Å². The van der Waals surface area contributed by atoms with Crippen LogP contribution in [0.2, 0.25) is 5.15 Å². The standard InChI is InChI=1S/C12H13ClN4O4/c13-11-2-1-9(7-15-11)8-16-5-4-14-12(16)10(17(18)19)3-6-21-20/h1-3,7,20H,4-6,8H2. The number of nitrogens with zero attached hydrogens (tertiary/aromatic N) is 4. The average molecular weight is 313 g/mol. The number of hydrogen-bond acceptors (Lipinski definition) is 7. The number of rotatable bonds is 6. The second-order valence-electron chi connectivity index (χ2n) is 4.26. The zero-order chi connectivity index (χ0) is 15.2. The van der Waals surface area contributed by atoms with Crippen LogP contribution in [0, 0.1) is 10.1 Å². The number of hydrogen-bond donors (Lipinski definition) is 1. The normalized spacial score (nSPS) is 15.2. The van der Waals surface area contributed by atoms with Gasteiger partial charge in [0.15, 0.2) is 0 Å². The van der Waals surface area contributed by atoms with E-state index in [0.717, 1.165) is 5.56 Å². The molecule has 2 heterocycles. The Balaban J connectivity index is 2.15. The van der Waals surface area contributed by atoms with Crippen molar-refractivity contribution in [3.63, 3.8) is 0 Å². The molecule has 1 aromatic rings. The molecule has 0 saturated carbocycles. The largest absolute Gasteiger partial charge is 0.345 e. The van der Waals surface area contributed by atoms with E-state index in [4.69, 9.17) is 16.9 Å². The van der Waals surface area contributed by atoms with Gasteiger partial charge in [-0.15, -0.1) is 0 Å². The molecule has 0 fully saturated rings. The van der Waals surface area contributed by atoms with E-state index in [2.05, 4.69) is 14.9 Å². The maximum atomic E-state index is 11.1. The van der Waals surface area contributed by atoms with Crippen LogP contribution in [0.4, 0.5) is 0 Å². The van der Waals surface area contributed by atoms with Crippen LogP contribution in [0.25, 0.3) is 0 Å². The fraction of sp³-hybridized carbons (Fsp3) is 0.333. The lowest BCUT2D eigenvalue weighted by atomic mass is 10.2. The molecule has 1 aliphatic rings. The Morgan fingerprint density at radius 3 is 3.05 bits per heavy atom. The summed E-state index contributed by atoms with van der Waals surface area (Å²) in [7, 11) is 0. The minimum atomic E-state index is -0.545. The molecule has 0 spiro atoms. The number of pyridine rings is 1. The van der Waals surface area contributed by atoms with Crippen molar-refractivity contribution in [1.82, 2.24) is 9.88 Å². The van der Waals surface area contributed by atoms with Crippen molar-refractivity contribution in [2.75, 3.05) is 19.7 Å². The summed E-state index contributed by atoms with van der Waals surface area (Å²) < 4.78 is 0. The minimum absolute atomic E-state index is 0.191. The van der Waals surface area contributed by atoms with E-state index in [-0.39, 0.29) is 18.1 Å². The van der Waals surface area contributed by atoms with Crippen LogP contribution in [-0.4, -0.2) is 45.6 Å². The Kier molecular flexibility index (Phi) is 5.20. The van der Waals surface area contributed by atoms with Crippen molar-refractivity contribution >= 4 is 17.4 Å². The van der Waals surface area contributed by atoms with E-state index in [1.54, 1.807) is 23.2 Å². The highest BCUT2D eigenvalue weighted by Crippen LogP contribution is 2.15. The zero-order valence-electron chi connectivity index (χ0n) is 11.0. The van der Waals surface area contributed by atoms with Gasteiger partial charge in [-0.2, -0.15) is 0 Å². The maximum absolute atomic E-state index is 11.1. The second kappa shape index (κ2) is 7.11. The van der Waals surface area contributed by atoms with Crippen LogP contribution in [0.15, 0.2) is 35.1 Å². The quantitative estimate of drug-likeness (QED) is 0.370. The lowest BCUT2D eigenvalue weighted by molar-refractivity contribution is -0.416. The first-order valence-corrected chi connectivity index (χ1v) is 6.50. The highest BCUT2D eigenvalue weighted by atomic mass is 35.5. The molecule has 21 heavy (non-hydrogen) atoms. The van der Waals surface area contributed by atoms with Crippen molar-refractivity contribution in [3.05, 3.63) is 50.9 Å². The van der Waals surface area contributed by atoms with Crippen molar-refractivity contribution in [3.8, 4) is 0 Å². The fourth-order valence-electron chi connectivity index (χ4n) is 1.96. The summed E-state index contributed by atoms with van der Waals surface area (Å²) in [5, 5.41) is 19.8. The molecule has 0 radical (unpaired) electrons. The first-order chi connectivity index (χ1) is 10.1. The molecular formula is C12H13ClN4O4. The molecule has 0 amide bonds. The molecule has 0 saturated heterocycles. The van der Waals surface area contributed by atoms with E-state index in [1.807, 2.05) is 0 Å². The van der Waals surface area contributed by atoms with Gasteiger partial charge in [-0.05, 0) is 11.6 Å². The molecule has 8 nitrogen and oxygen atoms in total. The number of nitro groups is 1. The van der Waals surface area contributed by atoms with Crippen LogP contribution in [-0.2, 0) is 11.4 Å². The van der Waals surface area contributed by atoms with Gasteiger partial charge in [0.25, 0.3) is 0 Å². The summed E-state index contributed by atoms with van der Waals surface area (Å²) in [4.78, 5) is 24.3. The Morgan fingerprint density at radius 2 is 2.43 bits per heavy atom. The number of aromatic nitrogens is 1. The Bertz CT molecular complexity index is 573. The van der Waals surface area contributed by atoms with Crippen molar-refractivity contribution in [1.29, 1.82) is 0 Å². The predicted octanol–water partition coefficient (Wildman–Crippen LogP) is 1.60. The molecule has 0 atom stereocenters. The van der Waals surface area contributed by atoms with E-state index in [0.29, 0.717) is 24.8 Å². The van der Waals surface area contributed by atoms with Gasteiger partial charge < -0.3 is 4.90 Å². The third-order valence-corrected chi connectivity index (χ3v) is 3.09. The third-order valence-electron chi connectivity index (χ3n) is 2.87. The highest BCUT2D eigenvalue weighted by Gasteiger charge is 2.28. The first-order valence-electron chi connectivity index (χ1n) is 6.13. The van der Waals surface area contributed by atoms with Crippen molar-refractivity contribution in [2.24, 2.45) is 4.99 Å². The lowest BCUT2D eigenvalue weighted by Crippen LogP contribution is -2.31. The molecule has 1 aliphatic heterocycles. The van der Waals surface area contributed by atoms with Crippen LogP contribution in [0.5, 0.6) is 0 Å². The minimum Gasteiger partial charge on any atom is -0.345 e. The van der Waals surface area contributed by atoms with Gasteiger partial charge in [-0.1, -0.05) is 17.7 Å². The summed E-state index contributed by atoms with van der Waals surface area (Å²) >= 11 is 5.72. The van der Waals surface area contributed by atoms with E-state index in [9.17, 15) is 10.1 Å². The fourth-order valence-corrected chi connectivity index (χ4v) is 2.08. The van der Waals surface area contributed by atoms with Crippen molar-refractivity contribution < 1.29 is 15.1 Å². The maximum Gasteiger partial charge on any atom is 0.309 e. The van der Waals surface area contributed by atoms with Crippen molar-refractivity contribution in [2.45, 2.75) is 6.54 Å². The van der Waals surface area contributed by atoms with Crippen LogP contribution < -0.4 is 0 Å². The van der Waals surface area contributed by atoms with Gasteiger partial charge in [0, 0.05) is 25.4 Å². The Hall–Kier alpha value is -2.03. The molecule has 1 aromatic heterocycles. The van der Waals surface area contributed by atoms with Gasteiger partial charge in [0.2, 0.25) is 5.84 Å². The first kappa shape index (κ1) is 15.4.